The van der Waals surface area contributed by atoms with E-state index in [1.807, 2.05) is 18.2 Å². The van der Waals surface area contributed by atoms with Gasteiger partial charge in [-0.1, -0.05) is 13.8 Å². The number of thiophene rings is 1. The molecule has 6 rings (SSSR count). The monoisotopic (exact) mass is 441 g/mol. The van der Waals surface area contributed by atoms with E-state index in [9.17, 15) is 0 Å². The summed E-state index contributed by atoms with van der Waals surface area (Å²) in [7, 11) is 0. The smallest absolute Gasteiger partial charge is 0.147 e. The Bertz CT molecular complexity index is 1420. The standard InChI is InChI=1S/C25H23N5OS/c1-25(2)7-3-17-18(11-25)19-21-22(32-24(19)30-20(17)16-6-10-31-13-16)23(29-14-28-21)27-12-15-4-8-26-9-5-15/h4-6,8-10,13-14H,3,7,11-12H2,1-2H3,(H,27,28,29). The maximum absolute atomic E-state index is 5.39. The number of anilines is 1. The summed E-state index contributed by atoms with van der Waals surface area (Å²) in [4.78, 5) is 19.5. The topological polar surface area (TPSA) is 76.7 Å². The number of furan rings is 1. The van der Waals surface area contributed by atoms with Crippen molar-refractivity contribution in [3.8, 4) is 11.3 Å². The van der Waals surface area contributed by atoms with Gasteiger partial charge in [0.2, 0.25) is 0 Å². The van der Waals surface area contributed by atoms with Gasteiger partial charge < -0.3 is 9.73 Å². The van der Waals surface area contributed by atoms with Gasteiger partial charge in [0.1, 0.15) is 17.0 Å². The van der Waals surface area contributed by atoms with Gasteiger partial charge in [-0.15, -0.1) is 11.3 Å². The van der Waals surface area contributed by atoms with E-state index in [1.165, 1.54) is 16.5 Å². The molecule has 0 bridgehead atoms. The number of hydrogen-bond acceptors (Lipinski definition) is 7. The highest BCUT2D eigenvalue weighted by atomic mass is 32.1. The molecule has 5 aromatic rings. The molecule has 1 N–H and O–H groups in total. The van der Waals surface area contributed by atoms with E-state index in [1.54, 1.807) is 42.6 Å². The molecule has 5 aromatic heterocycles. The zero-order valence-electron chi connectivity index (χ0n) is 18.1. The highest BCUT2D eigenvalue weighted by molar-refractivity contribution is 7.26. The molecule has 160 valence electrons. The molecule has 32 heavy (non-hydrogen) atoms. The van der Waals surface area contributed by atoms with Crippen LogP contribution in [-0.2, 0) is 19.4 Å². The minimum atomic E-state index is 0.249. The van der Waals surface area contributed by atoms with Crippen LogP contribution in [0.5, 0.6) is 0 Å². The summed E-state index contributed by atoms with van der Waals surface area (Å²) in [6, 6.07) is 6.02. The molecule has 1 aliphatic rings. The third-order valence-corrected chi connectivity index (χ3v) is 7.41. The number of aromatic nitrogens is 4. The Morgan fingerprint density at radius 3 is 2.81 bits per heavy atom. The number of fused-ring (bicyclic) bond motifs is 5. The zero-order chi connectivity index (χ0) is 21.7. The Morgan fingerprint density at radius 2 is 2.00 bits per heavy atom. The van der Waals surface area contributed by atoms with Gasteiger partial charge in [-0.3, -0.25) is 4.98 Å². The molecule has 5 heterocycles. The fourth-order valence-corrected chi connectivity index (χ4v) is 5.78. The molecule has 0 saturated heterocycles. The largest absolute Gasteiger partial charge is 0.472 e. The SMILES string of the molecule is CC1(C)CCc2c(-c3ccoc3)nc3sc4c(NCc5ccncc5)ncnc4c3c2C1. The average molecular weight is 442 g/mol. The van der Waals surface area contributed by atoms with Crippen molar-refractivity contribution >= 4 is 37.6 Å². The first-order valence-electron chi connectivity index (χ1n) is 10.8. The van der Waals surface area contributed by atoms with Crippen molar-refractivity contribution in [3.05, 3.63) is 66.1 Å². The average Bonchev–Trinajstić information content (AvgIpc) is 3.45. The summed E-state index contributed by atoms with van der Waals surface area (Å²) in [5.41, 5.74) is 7.21. The van der Waals surface area contributed by atoms with Crippen LogP contribution in [0.2, 0.25) is 0 Å². The second-order valence-electron chi connectivity index (χ2n) is 9.16. The van der Waals surface area contributed by atoms with Gasteiger partial charge in [0, 0.05) is 29.9 Å². The first-order valence-corrected chi connectivity index (χ1v) is 11.6. The van der Waals surface area contributed by atoms with Crippen LogP contribution >= 0.6 is 11.3 Å². The van der Waals surface area contributed by atoms with Gasteiger partial charge in [0.25, 0.3) is 0 Å². The Morgan fingerprint density at radius 1 is 1.12 bits per heavy atom. The molecular formula is C25H23N5OS. The van der Waals surface area contributed by atoms with E-state index in [2.05, 4.69) is 29.1 Å². The molecule has 0 saturated carbocycles. The van der Waals surface area contributed by atoms with Gasteiger partial charge in [-0.25, -0.2) is 15.0 Å². The fourth-order valence-electron chi connectivity index (χ4n) is 4.66. The fraction of sp³-hybridized carbons (Fsp3) is 0.280. The van der Waals surface area contributed by atoms with Crippen molar-refractivity contribution < 1.29 is 4.42 Å². The quantitative estimate of drug-likeness (QED) is 0.367. The lowest BCUT2D eigenvalue weighted by molar-refractivity contribution is 0.317. The van der Waals surface area contributed by atoms with Crippen LogP contribution in [0.3, 0.4) is 0 Å². The number of nitrogens with zero attached hydrogens (tertiary/aromatic N) is 4. The van der Waals surface area contributed by atoms with Crippen molar-refractivity contribution in [2.24, 2.45) is 5.41 Å². The maximum Gasteiger partial charge on any atom is 0.147 e. The zero-order valence-corrected chi connectivity index (χ0v) is 18.9. The van der Waals surface area contributed by atoms with Crippen molar-refractivity contribution in [1.29, 1.82) is 0 Å². The molecule has 0 fully saturated rings. The normalized spacial score (nSPS) is 15.2. The van der Waals surface area contributed by atoms with Crippen LogP contribution in [0, 0.1) is 5.41 Å². The van der Waals surface area contributed by atoms with Gasteiger partial charge in [0.15, 0.2) is 0 Å². The van der Waals surface area contributed by atoms with E-state index in [-0.39, 0.29) is 5.41 Å². The van der Waals surface area contributed by atoms with E-state index in [0.29, 0.717) is 6.54 Å². The van der Waals surface area contributed by atoms with E-state index in [0.717, 1.165) is 56.9 Å². The second kappa shape index (κ2) is 7.38. The predicted octanol–water partition coefficient (Wildman–Crippen LogP) is 6.02. The molecule has 7 heteroatoms. The summed E-state index contributed by atoms with van der Waals surface area (Å²) in [6.07, 6.45) is 12.0. The lowest BCUT2D eigenvalue weighted by Gasteiger charge is -2.32. The minimum absolute atomic E-state index is 0.249. The van der Waals surface area contributed by atoms with Crippen molar-refractivity contribution in [3.63, 3.8) is 0 Å². The van der Waals surface area contributed by atoms with Crippen molar-refractivity contribution in [2.75, 3.05) is 5.32 Å². The highest BCUT2D eigenvalue weighted by Crippen LogP contribution is 2.46. The van der Waals surface area contributed by atoms with E-state index in [4.69, 9.17) is 14.4 Å². The van der Waals surface area contributed by atoms with Crippen LogP contribution in [0.25, 0.3) is 31.7 Å². The molecule has 6 nitrogen and oxygen atoms in total. The van der Waals surface area contributed by atoms with Gasteiger partial charge >= 0.3 is 0 Å². The van der Waals surface area contributed by atoms with E-state index < -0.39 is 0 Å². The highest BCUT2D eigenvalue weighted by Gasteiger charge is 2.31. The maximum atomic E-state index is 5.39. The summed E-state index contributed by atoms with van der Waals surface area (Å²) in [6.45, 7) is 5.39. The Hall–Kier alpha value is -3.32. The van der Waals surface area contributed by atoms with Gasteiger partial charge in [-0.05, 0) is 59.6 Å². The van der Waals surface area contributed by atoms with Crippen molar-refractivity contribution in [1.82, 2.24) is 19.9 Å². The molecule has 0 spiro atoms. The lowest BCUT2D eigenvalue weighted by atomic mass is 9.73. The van der Waals surface area contributed by atoms with E-state index >= 15 is 0 Å². The van der Waals surface area contributed by atoms with Crippen LogP contribution in [-0.4, -0.2) is 19.9 Å². The Labute approximate surface area is 189 Å². The number of rotatable bonds is 4. The number of hydrogen-bond donors (Lipinski definition) is 1. The van der Waals surface area contributed by atoms with Crippen LogP contribution < -0.4 is 5.32 Å². The predicted molar refractivity (Wildman–Crippen MR) is 128 cm³/mol. The molecule has 0 atom stereocenters. The second-order valence-corrected chi connectivity index (χ2v) is 10.2. The van der Waals surface area contributed by atoms with Gasteiger partial charge in [-0.2, -0.15) is 0 Å². The number of pyridine rings is 2. The summed E-state index contributed by atoms with van der Waals surface area (Å²) in [5.74, 6) is 0.850. The van der Waals surface area contributed by atoms with Crippen LogP contribution in [0.4, 0.5) is 5.82 Å². The third-order valence-electron chi connectivity index (χ3n) is 6.33. The molecule has 1 aliphatic carbocycles. The Balaban J connectivity index is 1.54. The molecule has 0 amide bonds. The molecular weight excluding hydrogens is 418 g/mol. The Kier molecular flexibility index (Phi) is 4.47. The summed E-state index contributed by atoms with van der Waals surface area (Å²) in [5, 5.41) is 4.68. The molecule has 0 radical (unpaired) electrons. The number of nitrogens with one attached hydrogen (secondary N) is 1. The lowest BCUT2D eigenvalue weighted by Crippen LogP contribution is -2.23. The summed E-state index contributed by atoms with van der Waals surface area (Å²) < 4.78 is 6.45. The summed E-state index contributed by atoms with van der Waals surface area (Å²) >= 11 is 1.67. The van der Waals surface area contributed by atoms with Gasteiger partial charge in [0.05, 0.1) is 28.4 Å². The molecule has 0 unspecified atom stereocenters. The molecule has 0 aromatic carbocycles. The molecule has 0 aliphatic heterocycles. The van der Waals surface area contributed by atoms with Crippen LogP contribution in [0.1, 0.15) is 37.0 Å². The first kappa shape index (κ1) is 19.4. The first-order chi connectivity index (χ1) is 15.6. The minimum Gasteiger partial charge on any atom is -0.472 e. The van der Waals surface area contributed by atoms with Crippen LogP contribution in [0.15, 0.2) is 53.9 Å². The third kappa shape index (κ3) is 3.24. The van der Waals surface area contributed by atoms with Crippen molar-refractivity contribution in [2.45, 2.75) is 39.7 Å².